The zero-order valence-electron chi connectivity index (χ0n) is 11.3. The summed E-state index contributed by atoms with van der Waals surface area (Å²) < 4.78 is 0. The van der Waals surface area contributed by atoms with Gasteiger partial charge in [0.05, 0.1) is 5.01 Å². The summed E-state index contributed by atoms with van der Waals surface area (Å²) in [7, 11) is 0. The van der Waals surface area contributed by atoms with Crippen LogP contribution in [0.15, 0.2) is 29.6 Å². The Balaban J connectivity index is 1.67. The van der Waals surface area contributed by atoms with Crippen LogP contribution in [0.4, 0.5) is 0 Å². The van der Waals surface area contributed by atoms with E-state index < -0.39 is 0 Å². The summed E-state index contributed by atoms with van der Waals surface area (Å²) in [6.07, 6.45) is 4.43. The molecule has 2 atom stereocenters. The first-order valence-electron chi connectivity index (χ1n) is 6.96. The van der Waals surface area contributed by atoms with Gasteiger partial charge in [0.25, 0.3) is 0 Å². The summed E-state index contributed by atoms with van der Waals surface area (Å²) in [5.41, 5.74) is 10.5. The van der Waals surface area contributed by atoms with Crippen molar-refractivity contribution in [3.63, 3.8) is 0 Å². The van der Waals surface area contributed by atoms with Crippen LogP contribution < -0.4 is 5.73 Å². The summed E-state index contributed by atoms with van der Waals surface area (Å²) in [5, 5.41) is 3.29. The fourth-order valence-corrected chi connectivity index (χ4v) is 3.80. The van der Waals surface area contributed by atoms with Gasteiger partial charge in [0, 0.05) is 23.5 Å². The van der Waals surface area contributed by atoms with Crippen LogP contribution in [0.5, 0.6) is 0 Å². The third kappa shape index (κ3) is 2.88. The molecule has 0 radical (unpaired) electrons. The molecule has 2 unspecified atom stereocenters. The molecule has 2 nitrogen and oxygen atoms in total. The van der Waals surface area contributed by atoms with Gasteiger partial charge in [-0.2, -0.15) is 0 Å². The Kier molecular flexibility index (Phi) is 3.67. The first-order valence-corrected chi connectivity index (χ1v) is 7.83. The summed E-state index contributed by atoms with van der Waals surface area (Å²) >= 11 is 1.74. The minimum absolute atomic E-state index is 0.235. The third-order valence-corrected chi connectivity index (χ3v) is 5.06. The molecule has 1 heterocycles. The summed E-state index contributed by atoms with van der Waals surface area (Å²) in [6.45, 7) is 2.04. The summed E-state index contributed by atoms with van der Waals surface area (Å²) in [4.78, 5) is 4.53. The summed E-state index contributed by atoms with van der Waals surface area (Å²) in [5.74, 6) is 0.596. The highest BCUT2D eigenvalue weighted by Crippen LogP contribution is 2.28. The van der Waals surface area contributed by atoms with Crippen LogP contribution in [0, 0.1) is 12.8 Å². The molecule has 0 bridgehead atoms. The molecular weight excluding hydrogens is 252 g/mol. The maximum Gasteiger partial charge on any atom is 0.0943 e. The lowest BCUT2D eigenvalue weighted by Crippen LogP contribution is -2.35. The number of benzene rings is 1. The van der Waals surface area contributed by atoms with Crippen LogP contribution in [0.3, 0.4) is 0 Å². The lowest BCUT2D eigenvalue weighted by Gasteiger charge is -2.29. The molecule has 19 heavy (non-hydrogen) atoms. The zero-order chi connectivity index (χ0) is 13.2. The van der Waals surface area contributed by atoms with Crippen molar-refractivity contribution in [2.24, 2.45) is 11.7 Å². The van der Waals surface area contributed by atoms with E-state index >= 15 is 0 Å². The molecule has 2 N–H and O–H groups in total. The van der Waals surface area contributed by atoms with E-state index in [9.17, 15) is 0 Å². The first-order chi connectivity index (χ1) is 9.22. The summed E-state index contributed by atoms with van der Waals surface area (Å²) in [6, 6.07) is 9.01. The van der Waals surface area contributed by atoms with Gasteiger partial charge < -0.3 is 5.73 Å². The molecule has 100 valence electrons. The van der Waals surface area contributed by atoms with Gasteiger partial charge >= 0.3 is 0 Å². The number of nitrogens with two attached hydrogens (primary N) is 1. The van der Waals surface area contributed by atoms with Crippen molar-refractivity contribution >= 4 is 11.3 Å². The van der Waals surface area contributed by atoms with Crippen LogP contribution in [0.25, 0.3) is 0 Å². The van der Waals surface area contributed by atoms with Crippen molar-refractivity contribution in [3.05, 3.63) is 51.5 Å². The number of fused-ring (bicyclic) bond motifs is 1. The van der Waals surface area contributed by atoms with Crippen molar-refractivity contribution in [2.75, 3.05) is 0 Å². The Morgan fingerprint density at radius 3 is 2.89 bits per heavy atom. The molecule has 3 heteroatoms. The van der Waals surface area contributed by atoms with Gasteiger partial charge in [-0.25, -0.2) is 4.98 Å². The first kappa shape index (κ1) is 12.8. The number of hydrogen-bond donors (Lipinski definition) is 1. The predicted molar refractivity (Wildman–Crippen MR) is 80.5 cm³/mol. The highest BCUT2D eigenvalue weighted by atomic mass is 32.1. The molecule has 0 spiro atoms. The van der Waals surface area contributed by atoms with Gasteiger partial charge in [0.2, 0.25) is 0 Å². The predicted octanol–water partition coefficient (Wildman–Crippen LogP) is 3.13. The lowest BCUT2D eigenvalue weighted by molar-refractivity contribution is 0.372. The number of hydrogen-bond acceptors (Lipinski definition) is 3. The third-order valence-electron chi connectivity index (χ3n) is 4.07. The van der Waals surface area contributed by atoms with E-state index in [4.69, 9.17) is 5.73 Å². The van der Waals surface area contributed by atoms with Crippen LogP contribution in [0.1, 0.15) is 28.2 Å². The van der Waals surface area contributed by atoms with E-state index in [1.54, 1.807) is 11.3 Å². The fraction of sp³-hybridized carbons (Fsp3) is 0.438. The second kappa shape index (κ2) is 5.43. The smallest absolute Gasteiger partial charge is 0.0943 e. The maximum absolute atomic E-state index is 6.41. The maximum atomic E-state index is 6.41. The van der Waals surface area contributed by atoms with E-state index in [0.717, 1.165) is 18.5 Å². The van der Waals surface area contributed by atoms with Gasteiger partial charge in [0.15, 0.2) is 0 Å². The van der Waals surface area contributed by atoms with Crippen LogP contribution in [0.2, 0.25) is 0 Å². The topological polar surface area (TPSA) is 38.9 Å². The Labute approximate surface area is 118 Å². The monoisotopic (exact) mass is 272 g/mol. The number of thiazole rings is 1. The van der Waals surface area contributed by atoms with Gasteiger partial charge in [-0.15, -0.1) is 11.3 Å². The molecule has 0 aliphatic heterocycles. The number of aromatic nitrogens is 1. The average molecular weight is 272 g/mol. The Morgan fingerprint density at radius 1 is 1.37 bits per heavy atom. The van der Waals surface area contributed by atoms with Crippen molar-refractivity contribution in [1.82, 2.24) is 4.98 Å². The van der Waals surface area contributed by atoms with Crippen molar-refractivity contribution in [3.8, 4) is 0 Å². The molecule has 1 aliphatic rings. The van der Waals surface area contributed by atoms with Gasteiger partial charge in [-0.05, 0) is 43.2 Å². The minimum atomic E-state index is 0.235. The van der Waals surface area contributed by atoms with Crippen molar-refractivity contribution in [2.45, 2.75) is 38.6 Å². The highest BCUT2D eigenvalue weighted by Gasteiger charge is 2.24. The second-order valence-corrected chi connectivity index (χ2v) is 6.46. The molecule has 3 rings (SSSR count). The SMILES string of the molecule is Cc1csc(CC(N)C2CCc3ccccc3C2)n1. The molecule has 0 fully saturated rings. The van der Waals surface area contributed by atoms with Crippen LogP contribution in [-0.2, 0) is 19.3 Å². The average Bonchev–Trinajstić information content (AvgIpc) is 2.83. The minimum Gasteiger partial charge on any atom is -0.327 e. The van der Waals surface area contributed by atoms with E-state index in [2.05, 4.69) is 34.6 Å². The molecule has 1 aromatic heterocycles. The van der Waals surface area contributed by atoms with Crippen molar-refractivity contribution in [1.29, 1.82) is 0 Å². The molecule has 1 aliphatic carbocycles. The number of aryl methyl sites for hydroxylation is 2. The number of rotatable bonds is 3. The second-order valence-electron chi connectivity index (χ2n) is 5.52. The molecule has 0 saturated carbocycles. The Morgan fingerprint density at radius 2 is 2.16 bits per heavy atom. The van der Waals surface area contributed by atoms with Gasteiger partial charge in [0.1, 0.15) is 0 Å². The van der Waals surface area contributed by atoms with E-state index in [-0.39, 0.29) is 6.04 Å². The normalized spacial score (nSPS) is 20.0. The highest BCUT2D eigenvalue weighted by molar-refractivity contribution is 7.09. The van der Waals surface area contributed by atoms with E-state index in [1.807, 2.05) is 6.92 Å². The Bertz CT molecular complexity index is 561. The van der Waals surface area contributed by atoms with E-state index in [0.29, 0.717) is 5.92 Å². The van der Waals surface area contributed by atoms with Crippen molar-refractivity contribution < 1.29 is 0 Å². The van der Waals surface area contributed by atoms with Crippen LogP contribution in [-0.4, -0.2) is 11.0 Å². The molecule has 2 aromatic rings. The molecular formula is C16H20N2S. The van der Waals surface area contributed by atoms with E-state index in [1.165, 1.54) is 29.0 Å². The van der Waals surface area contributed by atoms with Gasteiger partial charge in [-0.3, -0.25) is 0 Å². The molecule has 0 amide bonds. The standard InChI is InChI=1S/C16H20N2S/c1-11-10-19-16(18-11)9-15(17)14-7-6-12-4-2-3-5-13(12)8-14/h2-5,10,14-15H,6-9,17H2,1H3. The zero-order valence-corrected chi connectivity index (χ0v) is 12.1. The number of nitrogens with zero attached hydrogens (tertiary/aromatic N) is 1. The van der Waals surface area contributed by atoms with Gasteiger partial charge in [-0.1, -0.05) is 24.3 Å². The fourth-order valence-electron chi connectivity index (χ4n) is 2.96. The van der Waals surface area contributed by atoms with Crippen LogP contribution >= 0.6 is 11.3 Å². The Hall–Kier alpha value is -1.19. The lowest BCUT2D eigenvalue weighted by atomic mass is 9.79. The largest absolute Gasteiger partial charge is 0.327 e. The molecule has 1 aromatic carbocycles. The molecule has 0 saturated heterocycles. The quantitative estimate of drug-likeness (QED) is 0.932.